The van der Waals surface area contributed by atoms with Crippen molar-refractivity contribution in [2.24, 2.45) is 11.8 Å². The summed E-state index contributed by atoms with van der Waals surface area (Å²) in [6.45, 7) is 0.751. The van der Waals surface area contributed by atoms with Crippen LogP contribution >= 0.6 is 11.6 Å². The summed E-state index contributed by atoms with van der Waals surface area (Å²) in [6, 6.07) is 0. The molecule has 1 saturated carbocycles. The van der Waals surface area contributed by atoms with Crippen molar-refractivity contribution in [2.75, 3.05) is 6.61 Å². The zero-order valence-corrected chi connectivity index (χ0v) is 9.17. The van der Waals surface area contributed by atoms with E-state index in [9.17, 15) is 4.79 Å². The van der Waals surface area contributed by atoms with Crippen LogP contribution in [0.5, 0.6) is 0 Å². The van der Waals surface area contributed by atoms with Crippen molar-refractivity contribution in [1.82, 2.24) is 0 Å². The molecule has 3 rings (SSSR count). The number of Topliss-reactive ketones (excluding diaryl/α,β-unsaturated/α-hetero) is 1. The number of carbonyl (C=O) groups is 1. The minimum atomic E-state index is 0.0161. The summed E-state index contributed by atoms with van der Waals surface area (Å²) < 4.78 is 5.52. The third kappa shape index (κ3) is 1.66. The average Bonchev–Trinajstić information content (AvgIpc) is 2.96. The van der Waals surface area contributed by atoms with Gasteiger partial charge in [-0.2, -0.15) is 0 Å². The van der Waals surface area contributed by atoms with Crippen molar-refractivity contribution in [1.29, 1.82) is 0 Å². The van der Waals surface area contributed by atoms with Crippen LogP contribution in [0.2, 0.25) is 0 Å². The van der Waals surface area contributed by atoms with E-state index in [0.717, 1.165) is 31.4 Å². The lowest BCUT2D eigenvalue weighted by Gasteiger charge is -2.20. The highest BCUT2D eigenvalue weighted by Gasteiger charge is 2.37. The zero-order valence-electron chi connectivity index (χ0n) is 8.41. The molecule has 2 fully saturated rings. The summed E-state index contributed by atoms with van der Waals surface area (Å²) in [5.41, 5.74) is 0.814. The maximum atomic E-state index is 11.9. The first-order valence-corrected chi connectivity index (χ1v) is 5.88. The minimum absolute atomic E-state index is 0.0161. The second-order valence-corrected chi connectivity index (χ2v) is 4.97. The number of halogens is 1. The summed E-state index contributed by atoms with van der Waals surface area (Å²) in [4.78, 5) is 11.9. The largest absolute Gasteiger partial charge is 0.372 e. The van der Waals surface area contributed by atoms with Crippen molar-refractivity contribution in [3.63, 3.8) is 0 Å². The minimum Gasteiger partial charge on any atom is -0.372 e. The van der Waals surface area contributed by atoms with Gasteiger partial charge < -0.3 is 4.74 Å². The highest BCUT2D eigenvalue weighted by Crippen LogP contribution is 2.39. The van der Waals surface area contributed by atoms with E-state index in [1.165, 1.54) is 0 Å². The fourth-order valence-electron chi connectivity index (χ4n) is 2.30. The SMILES string of the molecule is O=C(C1=CC2CCOC2C(Cl)=C1)C1CC1. The molecule has 2 aliphatic carbocycles. The number of ether oxygens (including phenoxy) is 1. The molecule has 2 nitrogen and oxygen atoms in total. The van der Waals surface area contributed by atoms with Gasteiger partial charge in [-0.15, -0.1) is 0 Å². The number of carbonyl (C=O) groups excluding carboxylic acids is 1. The molecule has 0 amide bonds. The van der Waals surface area contributed by atoms with E-state index in [-0.39, 0.29) is 17.8 Å². The van der Waals surface area contributed by atoms with Gasteiger partial charge >= 0.3 is 0 Å². The fourth-order valence-corrected chi connectivity index (χ4v) is 2.65. The molecule has 0 N–H and O–H groups in total. The van der Waals surface area contributed by atoms with Crippen LogP contribution in [0.25, 0.3) is 0 Å². The van der Waals surface area contributed by atoms with Crippen LogP contribution < -0.4 is 0 Å². The molecule has 0 aromatic rings. The Bertz CT molecular complexity index is 366. The topological polar surface area (TPSA) is 26.3 Å². The monoisotopic (exact) mass is 224 g/mol. The molecular formula is C12H13ClO2. The van der Waals surface area contributed by atoms with E-state index in [4.69, 9.17) is 16.3 Å². The van der Waals surface area contributed by atoms with E-state index in [0.29, 0.717) is 11.0 Å². The molecule has 1 heterocycles. The van der Waals surface area contributed by atoms with Crippen molar-refractivity contribution < 1.29 is 9.53 Å². The molecule has 3 aliphatic rings. The van der Waals surface area contributed by atoms with E-state index in [1.807, 2.05) is 0 Å². The van der Waals surface area contributed by atoms with Crippen LogP contribution in [0.1, 0.15) is 19.3 Å². The Morgan fingerprint density at radius 2 is 2.20 bits per heavy atom. The molecule has 0 aromatic carbocycles. The summed E-state index contributed by atoms with van der Waals surface area (Å²) in [7, 11) is 0. The molecule has 3 heteroatoms. The molecule has 0 aromatic heterocycles. The quantitative estimate of drug-likeness (QED) is 0.720. The van der Waals surface area contributed by atoms with E-state index < -0.39 is 0 Å². The third-order valence-corrected chi connectivity index (χ3v) is 3.65. The Kier molecular flexibility index (Phi) is 2.22. The highest BCUT2D eigenvalue weighted by atomic mass is 35.5. The Hall–Kier alpha value is -0.600. The number of rotatable bonds is 2. The standard InChI is InChI=1S/C12H13ClO2/c13-10-6-9(11(14)7-1-2-7)5-8-3-4-15-12(8)10/h5-8,12H,1-4H2. The Balaban J connectivity index is 1.87. The van der Waals surface area contributed by atoms with Crippen LogP contribution in [0, 0.1) is 11.8 Å². The summed E-state index contributed by atoms with van der Waals surface area (Å²) in [5, 5.41) is 0.698. The summed E-state index contributed by atoms with van der Waals surface area (Å²) >= 11 is 6.12. The smallest absolute Gasteiger partial charge is 0.165 e. The Morgan fingerprint density at radius 3 is 2.93 bits per heavy atom. The average molecular weight is 225 g/mol. The van der Waals surface area contributed by atoms with Crippen LogP contribution in [0.15, 0.2) is 22.8 Å². The van der Waals surface area contributed by atoms with E-state index in [1.54, 1.807) is 6.08 Å². The number of hydrogen-bond donors (Lipinski definition) is 0. The van der Waals surface area contributed by atoms with Gasteiger partial charge in [0, 0.05) is 29.0 Å². The van der Waals surface area contributed by atoms with Gasteiger partial charge in [0.25, 0.3) is 0 Å². The van der Waals surface area contributed by atoms with Gasteiger partial charge in [-0.1, -0.05) is 17.7 Å². The number of hydrogen-bond acceptors (Lipinski definition) is 2. The Morgan fingerprint density at radius 1 is 1.40 bits per heavy atom. The first-order valence-electron chi connectivity index (χ1n) is 5.50. The molecule has 0 bridgehead atoms. The summed E-state index contributed by atoms with van der Waals surface area (Å²) in [6.07, 6.45) is 6.95. The second-order valence-electron chi connectivity index (χ2n) is 4.53. The number of fused-ring (bicyclic) bond motifs is 1. The molecule has 1 aliphatic heterocycles. The maximum Gasteiger partial charge on any atom is 0.165 e. The molecule has 15 heavy (non-hydrogen) atoms. The van der Waals surface area contributed by atoms with Gasteiger partial charge in [-0.05, 0) is 25.3 Å². The lowest BCUT2D eigenvalue weighted by Crippen LogP contribution is -2.20. The second kappa shape index (κ2) is 3.46. The van der Waals surface area contributed by atoms with Gasteiger partial charge in [0.2, 0.25) is 0 Å². The van der Waals surface area contributed by atoms with Crippen molar-refractivity contribution >= 4 is 17.4 Å². The molecule has 2 atom stereocenters. The maximum absolute atomic E-state index is 11.9. The van der Waals surface area contributed by atoms with E-state index >= 15 is 0 Å². The molecule has 0 radical (unpaired) electrons. The predicted molar refractivity (Wildman–Crippen MR) is 57.6 cm³/mol. The van der Waals surface area contributed by atoms with Crippen LogP contribution in [0.4, 0.5) is 0 Å². The van der Waals surface area contributed by atoms with Gasteiger partial charge in [-0.3, -0.25) is 4.79 Å². The third-order valence-electron chi connectivity index (χ3n) is 3.33. The van der Waals surface area contributed by atoms with Gasteiger partial charge in [0.05, 0.1) is 6.10 Å². The lowest BCUT2D eigenvalue weighted by atomic mass is 9.90. The van der Waals surface area contributed by atoms with Crippen LogP contribution in [0.3, 0.4) is 0 Å². The summed E-state index contributed by atoms with van der Waals surface area (Å²) in [5.74, 6) is 0.870. The van der Waals surface area contributed by atoms with Gasteiger partial charge in [0.15, 0.2) is 5.78 Å². The van der Waals surface area contributed by atoms with Crippen molar-refractivity contribution in [2.45, 2.75) is 25.4 Å². The molecule has 1 saturated heterocycles. The van der Waals surface area contributed by atoms with Gasteiger partial charge in [0.1, 0.15) is 0 Å². The molecular weight excluding hydrogens is 212 g/mol. The fraction of sp³-hybridized carbons (Fsp3) is 0.583. The van der Waals surface area contributed by atoms with Gasteiger partial charge in [-0.25, -0.2) is 0 Å². The van der Waals surface area contributed by atoms with Crippen LogP contribution in [-0.2, 0) is 9.53 Å². The van der Waals surface area contributed by atoms with Crippen molar-refractivity contribution in [3.05, 3.63) is 22.8 Å². The van der Waals surface area contributed by atoms with Crippen molar-refractivity contribution in [3.8, 4) is 0 Å². The van der Waals surface area contributed by atoms with E-state index in [2.05, 4.69) is 6.08 Å². The molecule has 80 valence electrons. The molecule has 2 unspecified atom stereocenters. The first-order chi connectivity index (χ1) is 7.25. The van der Waals surface area contributed by atoms with Crippen LogP contribution in [-0.4, -0.2) is 18.5 Å². The zero-order chi connectivity index (χ0) is 10.4. The highest BCUT2D eigenvalue weighted by molar-refractivity contribution is 6.31. The number of ketones is 1. The first kappa shape index (κ1) is 9.61. The Labute approximate surface area is 93.9 Å². The molecule has 0 spiro atoms. The number of allylic oxidation sites excluding steroid dienone is 2. The predicted octanol–water partition coefficient (Wildman–Crippen LogP) is 2.43. The lowest BCUT2D eigenvalue weighted by molar-refractivity contribution is -0.116. The normalized spacial score (nSPS) is 34.5.